The molecule has 0 aliphatic heterocycles. The molecule has 7 aromatic rings. The number of methoxy groups -OCH3 is 1. The number of rotatable bonds is 12. The molecule has 3 aromatic carbocycles. The number of nitrogens with one attached hydrogen (secondary N) is 2. The Morgan fingerprint density at radius 2 is 1.77 bits per heavy atom. The third-order valence-electron chi connectivity index (χ3n) is 11.4. The minimum atomic E-state index is -3.92. The van der Waals surface area contributed by atoms with E-state index in [0.717, 1.165) is 23.0 Å². The summed E-state index contributed by atoms with van der Waals surface area (Å²) in [6.45, 7) is 0.755. The summed E-state index contributed by atoms with van der Waals surface area (Å²) in [7, 11) is -1.00. The summed E-state index contributed by atoms with van der Waals surface area (Å²) in [6, 6.07) is 12.0. The van der Waals surface area contributed by atoms with E-state index in [9.17, 15) is 30.8 Å². The maximum absolute atomic E-state index is 15.6. The van der Waals surface area contributed by atoms with Gasteiger partial charge in [-0.05, 0) is 72.9 Å². The number of amides is 1. The molecule has 3 atom stereocenters. The molecule has 22 heteroatoms. The quantitative estimate of drug-likeness (QED) is 0.119. The highest BCUT2D eigenvalue weighted by Gasteiger charge is 2.67. The lowest BCUT2D eigenvalue weighted by molar-refractivity contribution is -0.123. The van der Waals surface area contributed by atoms with Gasteiger partial charge in [-0.1, -0.05) is 17.7 Å². The standard InChI is InChI=1S/C42H34ClF6N9O5S/c1-18-23(7-10-32(50-18)63-3)20-5-6-24-28(14-20)52-40(58(41(24)60)30-9-8-27(43)34-36(30)56(2)54-39(34)55-64(4,61)62)29(13-19-11-21(44)15-22(45)12-19)51-31(59)17-57-37-33(35(53-57)38(46)47)25-16-26(25)42(37,48)49/h5-12,14-15,25-26,29,38H,13,16-17H2,1-4H3,(H,51,59)(H,54,55)/t25-,26+,29-/m0/s1. The molecule has 0 spiro atoms. The molecule has 0 radical (unpaired) electrons. The Morgan fingerprint density at radius 3 is 2.44 bits per heavy atom. The number of carbonyl (C=O) groups excluding carboxylic acids is 1. The van der Waals surface area contributed by atoms with Crippen molar-refractivity contribution in [3.05, 3.63) is 122 Å². The first-order valence-corrected chi connectivity index (χ1v) is 21.7. The summed E-state index contributed by atoms with van der Waals surface area (Å²) in [5, 5.41) is 10.9. The molecule has 64 heavy (non-hydrogen) atoms. The van der Waals surface area contributed by atoms with Crippen LogP contribution in [0.5, 0.6) is 5.88 Å². The molecule has 2 aliphatic carbocycles. The van der Waals surface area contributed by atoms with Crippen molar-refractivity contribution in [3.63, 3.8) is 0 Å². The number of aromatic nitrogens is 7. The third kappa shape index (κ3) is 7.38. The summed E-state index contributed by atoms with van der Waals surface area (Å²) in [4.78, 5) is 38.6. The van der Waals surface area contributed by atoms with E-state index in [1.165, 1.54) is 37.0 Å². The number of fused-ring (bicyclic) bond motifs is 5. The molecule has 2 N–H and O–H groups in total. The number of pyridine rings is 1. The van der Waals surface area contributed by atoms with Gasteiger partial charge in [0.2, 0.25) is 21.8 Å². The Balaban J connectivity index is 1.26. The number of aryl methyl sites for hydroxylation is 2. The Bertz CT molecular complexity index is 3270. The zero-order valence-corrected chi connectivity index (χ0v) is 35.5. The lowest BCUT2D eigenvalue weighted by Gasteiger charge is -2.24. The average molecular weight is 926 g/mol. The summed E-state index contributed by atoms with van der Waals surface area (Å²) >= 11 is 6.64. The zero-order valence-electron chi connectivity index (χ0n) is 33.9. The van der Waals surface area contributed by atoms with Gasteiger partial charge in [-0.15, -0.1) is 0 Å². The minimum absolute atomic E-state index is 0.00819. The van der Waals surface area contributed by atoms with Gasteiger partial charge in [-0.3, -0.25) is 28.2 Å². The molecule has 1 fully saturated rings. The lowest BCUT2D eigenvalue weighted by atomic mass is 10.0. The van der Waals surface area contributed by atoms with Crippen molar-refractivity contribution >= 4 is 55.2 Å². The van der Waals surface area contributed by atoms with Crippen LogP contribution in [0.15, 0.2) is 65.5 Å². The Hall–Kier alpha value is -6.48. The smallest absolute Gasteiger partial charge is 0.293 e. The molecule has 4 heterocycles. The number of benzene rings is 3. The molecular weight excluding hydrogens is 892 g/mol. The Kier molecular flexibility index (Phi) is 10.3. The van der Waals surface area contributed by atoms with Crippen molar-refractivity contribution in [3.8, 4) is 22.7 Å². The number of ether oxygens (including phenoxy) is 1. The first-order chi connectivity index (χ1) is 30.2. The number of nitrogens with zero attached hydrogens (tertiary/aromatic N) is 7. The zero-order chi connectivity index (χ0) is 45.7. The second-order valence-corrected chi connectivity index (χ2v) is 17.9. The largest absolute Gasteiger partial charge is 0.481 e. The van der Waals surface area contributed by atoms with E-state index in [2.05, 4.69) is 25.2 Å². The molecule has 0 bridgehead atoms. The molecular formula is C42H34ClF6N9O5S. The number of carbonyl (C=O) groups is 1. The van der Waals surface area contributed by atoms with E-state index in [4.69, 9.17) is 21.3 Å². The number of hydrogen-bond donors (Lipinski definition) is 2. The van der Waals surface area contributed by atoms with Crippen LogP contribution >= 0.6 is 11.6 Å². The van der Waals surface area contributed by atoms with Crippen molar-refractivity contribution in [2.75, 3.05) is 18.1 Å². The van der Waals surface area contributed by atoms with Gasteiger partial charge in [-0.25, -0.2) is 35.9 Å². The fourth-order valence-electron chi connectivity index (χ4n) is 8.70. The number of hydrogen-bond acceptors (Lipinski definition) is 9. The van der Waals surface area contributed by atoms with Gasteiger partial charge < -0.3 is 10.1 Å². The van der Waals surface area contributed by atoms with Crippen molar-refractivity contribution in [2.45, 2.75) is 50.6 Å². The molecule has 332 valence electrons. The fourth-order valence-corrected chi connectivity index (χ4v) is 9.44. The summed E-state index contributed by atoms with van der Waals surface area (Å²) in [6.07, 6.45) is -2.79. The van der Waals surface area contributed by atoms with Crippen molar-refractivity contribution < 1.29 is 44.3 Å². The average Bonchev–Trinajstić information content (AvgIpc) is 3.75. The van der Waals surface area contributed by atoms with Crippen LogP contribution in [0.25, 0.3) is 38.6 Å². The summed E-state index contributed by atoms with van der Waals surface area (Å²) in [5.74, 6) is -8.71. The first kappa shape index (κ1) is 42.8. The second kappa shape index (κ2) is 15.4. The normalized spacial score (nSPS) is 16.9. The molecule has 0 saturated heterocycles. The monoisotopic (exact) mass is 925 g/mol. The number of sulfonamides is 1. The van der Waals surface area contributed by atoms with E-state index < -0.39 is 87.7 Å². The van der Waals surface area contributed by atoms with Gasteiger partial charge in [0.1, 0.15) is 35.4 Å². The van der Waals surface area contributed by atoms with Crippen LogP contribution in [0.4, 0.5) is 32.2 Å². The predicted octanol–water partition coefficient (Wildman–Crippen LogP) is 7.40. The van der Waals surface area contributed by atoms with E-state index in [1.54, 1.807) is 31.2 Å². The predicted molar refractivity (Wildman–Crippen MR) is 222 cm³/mol. The molecule has 4 aromatic heterocycles. The van der Waals surface area contributed by atoms with Crippen LogP contribution < -0.4 is 20.3 Å². The Labute approximate surface area is 363 Å². The van der Waals surface area contributed by atoms with Crippen molar-refractivity contribution in [1.29, 1.82) is 0 Å². The van der Waals surface area contributed by atoms with Crippen LogP contribution in [-0.2, 0) is 40.8 Å². The molecule has 1 amide bonds. The molecule has 2 aliphatic rings. The van der Waals surface area contributed by atoms with Crippen LogP contribution in [0.1, 0.15) is 58.8 Å². The van der Waals surface area contributed by atoms with Crippen LogP contribution in [-0.4, -0.2) is 61.8 Å². The van der Waals surface area contributed by atoms with Crippen LogP contribution in [0.3, 0.4) is 0 Å². The fraction of sp³-hybridized carbons (Fsp3) is 0.286. The van der Waals surface area contributed by atoms with Gasteiger partial charge in [0.05, 0.1) is 51.9 Å². The van der Waals surface area contributed by atoms with Gasteiger partial charge in [-0.2, -0.15) is 19.0 Å². The van der Waals surface area contributed by atoms with Crippen LogP contribution in [0, 0.1) is 24.5 Å². The van der Waals surface area contributed by atoms with E-state index >= 15 is 13.6 Å². The number of alkyl halides is 4. The highest BCUT2D eigenvalue weighted by molar-refractivity contribution is 7.92. The minimum Gasteiger partial charge on any atom is -0.481 e. The lowest BCUT2D eigenvalue weighted by Crippen LogP contribution is -2.38. The van der Waals surface area contributed by atoms with Crippen LogP contribution in [0.2, 0.25) is 5.02 Å². The SMILES string of the molecule is COc1ccc(-c2ccc3c(=O)n(-c4ccc(Cl)c5c(NS(C)(=O)=O)nn(C)c45)c([C@H](Cc4cc(F)cc(F)c4)NC(=O)Cn4nc(C(F)F)c5c4C(F)(F)[C@@H]4C[C@H]54)nc3c2)c(C)n1. The molecule has 9 rings (SSSR count). The molecule has 0 unspecified atom stereocenters. The highest BCUT2D eigenvalue weighted by atomic mass is 35.5. The summed E-state index contributed by atoms with van der Waals surface area (Å²) in [5.41, 5.74) is -0.761. The summed E-state index contributed by atoms with van der Waals surface area (Å²) < 4.78 is 124. The van der Waals surface area contributed by atoms with Crippen molar-refractivity contribution in [1.82, 2.24) is 39.4 Å². The first-order valence-electron chi connectivity index (χ1n) is 19.5. The maximum atomic E-state index is 15.6. The van der Waals surface area contributed by atoms with Gasteiger partial charge >= 0.3 is 0 Å². The van der Waals surface area contributed by atoms with E-state index in [-0.39, 0.29) is 61.7 Å². The Morgan fingerprint density at radius 1 is 1.03 bits per heavy atom. The topological polar surface area (TPSA) is 168 Å². The number of halogens is 7. The van der Waals surface area contributed by atoms with Gasteiger partial charge in [0.25, 0.3) is 17.9 Å². The van der Waals surface area contributed by atoms with E-state index in [1.807, 2.05) is 0 Å². The van der Waals surface area contributed by atoms with Gasteiger partial charge in [0, 0.05) is 48.3 Å². The number of anilines is 1. The molecule has 1 saturated carbocycles. The highest BCUT2D eigenvalue weighted by Crippen LogP contribution is 2.68. The van der Waals surface area contributed by atoms with Gasteiger partial charge in [0.15, 0.2) is 5.82 Å². The van der Waals surface area contributed by atoms with Crippen molar-refractivity contribution in [2.24, 2.45) is 13.0 Å². The maximum Gasteiger partial charge on any atom is 0.293 e. The molecule has 14 nitrogen and oxygen atoms in total. The second-order valence-electron chi connectivity index (χ2n) is 15.7. The third-order valence-corrected chi connectivity index (χ3v) is 12.3. The van der Waals surface area contributed by atoms with E-state index in [0.29, 0.717) is 33.4 Å².